The van der Waals surface area contributed by atoms with Crippen LogP contribution >= 0.6 is 0 Å². The summed E-state index contributed by atoms with van der Waals surface area (Å²) in [4.78, 5) is 4.47. The summed E-state index contributed by atoms with van der Waals surface area (Å²) in [6, 6.07) is 10.8. The molecule has 2 aromatic heterocycles. The number of aryl methyl sites for hydroxylation is 2. The van der Waals surface area contributed by atoms with Crippen LogP contribution in [0.15, 0.2) is 42.7 Å². The summed E-state index contributed by atoms with van der Waals surface area (Å²) in [5.41, 5.74) is 6.20. The molecule has 0 fully saturated rings. The lowest BCUT2D eigenvalue weighted by Crippen LogP contribution is -2.00. The Hall–Kier alpha value is -2.13. The van der Waals surface area contributed by atoms with E-state index in [1.165, 1.54) is 36.0 Å². The van der Waals surface area contributed by atoms with E-state index in [9.17, 15) is 5.11 Å². The smallest absolute Gasteiger partial charge is 0.140 e. The molecule has 3 heteroatoms. The second-order valence-corrected chi connectivity index (χ2v) is 5.77. The van der Waals surface area contributed by atoms with E-state index in [1.807, 2.05) is 24.5 Å². The van der Waals surface area contributed by atoms with Gasteiger partial charge in [0.1, 0.15) is 5.65 Å². The van der Waals surface area contributed by atoms with E-state index in [2.05, 4.69) is 27.8 Å². The van der Waals surface area contributed by atoms with Crippen LogP contribution in [0.2, 0.25) is 0 Å². The molecule has 4 rings (SSSR count). The molecule has 0 radical (unpaired) electrons. The van der Waals surface area contributed by atoms with Crippen molar-refractivity contribution < 1.29 is 5.11 Å². The summed E-state index contributed by atoms with van der Waals surface area (Å²) in [7, 11) is 0. The molecular weight excluding hydrogens is 260 g/mol. The van der Waals surface area contributed by atoms with Crippen LogP contribution in [0.25, 0.3) is 11.0 Å². The normalized spacial score (nSPS) is 13.8. The van der Waals surface area contributed by atoms with E-state index in [0.29, 0.717) is 0 Å². The van der Waals surface area contributed by atoms with Gasteiger partial charge in [0.05, 0.1) is 6.61 Å². The molecule has 1 aromatic carbocycles. The highest BCUT2D eigenvalue weighted by Crippen LogP contribution is 2.25. The fourth-order valence-corrected chi connectivity index (χ4v) is 3.36. The lowest BCUT2D eigenvalue weighted by atomic mass is 10.1. The van der Waals surface area contributed by atoms with E-state index >= 15 is 0 Å². The Morgan fingerprint density at radius 1 is 1.14 bits per heavy atom. The fraction of sp³-hybridized carbons (Fsp3) is 0.278. The number of rotatable bonds is 3. The minimum Gasteiger partial charge on any atom is -0.392 e. The van der Waals surface area contributed by atoms with Gasteiger partial charge in [-0.15, -0.1) is 0 Å². The van der Waals surface area contributed by atoms with Crippen molar-refractivity contribution >= 4 is 11.0 Å². The van der Waals surface area contributed by atoms with Gasteiger partial charge in [-0.3, -0.25) is 0 Å². The Bertz CT molecular complexity index is 804. The van der Waals surface area contributed by atoms with Crippen LogP contribution < -0.4 is 0 Å². The molecule has 0 unspecified atom stereocenters. The highest BCUT2D eigenvalue weighted by molar-refractivity contribution is 5.80. The highest BCUT2D eigenvalue weighted by atomic mass is 16.3. The van der Waals surface area contributed by atoms with Gasteiger partial charge in [-0.25, -0.2) is 4.98 Å². The molecule has 1 aliphatic carbocycles. The van der Waals surface area contributed by atoms with Gasteiger partial charge < -0.3 is 9.67 Å². The van der Waals surface area contributed by atoms with Gasteiger partial charge in [0.25, 0.3) is 0 Å². The molecular formula is C18H18N2O. The summed E-state index contributed by atoms with van der Waals surface area (Å²) in [5.74, 6) is 0. The highest BCUT2D eigenvalue weighted by Gasteiger charge is 2.12. The maximum absolute atomic E-state index is 9.50. The summed E-state index contributed by atoms with van der Waals surface area (Å²) in [6.07, 6.45) is 7.53. The van der Waals surface area contributed by atoms with Gasteiger partial charge in [-0.1, -0.05) is 18.2 Å². The Morgan fingerprint density at radius 2 is 2.05 bits per heavy atom. The number of pyridine rings is 1. The standard InChI is InChI=1S/C18H18N2O/c21-12-16-11-20(18-17(16)5-2-8-19-18)10-13-6-7-14-3-1-4-15(14)9-13/h2,5-9,11,21H,1,3-4,10,12H2. The minimum absolute atomic E-state index is 0.0549. The molecule has 0 aliphatic heterocycles. The number of aliphatic hydroxyl groups excluding tert-OH is 1. The first-order valence-corrected chi connectivity index (χ1v) is 7.49. The van der Waals surface area contributed by atoms with Crippen molar-refractivity contribution in [3.05, 3.63) is 65.0 Å². The lowest BCUT2D eigenvalue weighted by molar-refractivity contribution is 0.283. The van der Waals surface area contributed by atoms with Crippen LogP contribution in [0.5, 0.6) is 0 Å². The third-order valence-corrected chi connectivity index (χ3v) is 4.40. The van der Waals surface area contributed by atoms with Crippen molar-refractivity contribution in [1.29, 1.82) is 0 Å². The van der Waals surface area contributed by atoms with Crippen molar-refractivity contribution in [2.45, 2.75) is 32.4 Å². The first-order valence-electron chi connectivity index (χ1n) is 7.49. The zero-order valence-electron chi connectivity index (χ0n) is 11.9. The Labute approximate surface area is 123 Å². The molecule has 106 valence electrons. The van der Waals surface area contributed by atoms with Crippen LogP contribution in [-0.2, 0) is 26.0 Å². The van der Waals surface area contributed by atoms with E-state index in [4.69, 9.17) is 0 Å². The van der Waals surface area contributed by atoms with E-state index < -0.39 is 0 Å². The summed E-state index contributed by atoms with van der Waals surface area (Å²) >= 11 is 0. The van der Waals surface area contributed by atoms with Crippen molar-refractivity contribution in [3.8, 4) is 0 Å². The number of aliphatic hydroxyl groups is 1. The minimum atomic E-state index is 0.0549. The molecule has 21 heavy (non-hydrogen) atoms. The predicted molar refractivity (Wildman–Crippen MR) is 83.2 cm³/mol. The van der Waals surface area contributed by atoms with Crippen LogP contribution in [0, 0.1) is 0 Å². The van der Waals surface area contributed by atoms with E-state index in [1.54, 1.807) is 0 Å². The van der Waals surface area contributed by atoms with Crippen molar-refractivity contribution in [2.75, 3.05) is 0 Å². The van der Waals surface area contributed by atoms with Crippen LogP contribution in [0.4, 0.5) is 0 Å². The molecule has 1 aliphatic rings. The predicted octanol–water partition coefficient (Wildman–Crippen LogP) is 3.07. The molecule has 0 saturated carbocycles. The second-order valence-electron chi connectivity index (χ2n) is 5.77. The fourth-order valence-electron chi connectivity index (χ4n) is 3.36. The Kier molecular flexibility index (Phi) is 3.00. The summed E-state index contributed by atoms with van der Waals surface area (Å²) < 4.78 is 2.14. The van der Waals surface area contributed by atoms with Gasteiger partial charge in [0.2, 0.25) is 0 Å². The largest absolute Gasteiger partial charge is 0.392 e. The molecule has 2 heterocycles. The second kappa shape index (κ2) is 5.01. The van der Waals surface area contributed by atoms with Gasteiger partial charge in [-0.2, -0.15) is 0 Å². The molecule has 3 nitrogen and oxygen atoms in total. The molecule has 0 bridgehead atoms. The summed E-state index contributed by atoms with van der Waals surface area (Å²) in [6.45, 7) is 0.861. The average Bonchev–Trinajstić information content (AvgIpc) is 3.12. The maximum atomic E-state index is 9.50. The molecule has 3 aromatic rings. The zero-order chi connectivity index (χ0) is 14.2. The SMILES string of the molecule is OCc1cn(Cc2ccc3c(c2)CCC3)c2ncccc12. The van der Waals surface area contributed by atoms with Crippen LogP contribution in [0.1, 0.15) is 28.7 Å². The molecule has 0 spiro atoms. The Morgan fingerprint density at radius 3 is 2.95 bits per heavy atom. The molecule has 0 amide bonds. The van der Waals surface area contributed by atoms with E-state index in [0.717, 1.165) is 23.1 Å². The number of fused-ring (bicyclic) bond motifs is 2. The third kappa shape index (κ3) is 2.14. The van der Waals surface area contributed by atoms with Gasteiger partial charge in [-0.05, 0) is 48.1 Å². The van der Waals surface area contributed by atoms with E-state index in [-0.39, 0.29) is 6.61 Å². The third-order valence-electron chi connectivity index (χ3n) is 4.40. The van der Waals surface area contributed by atoms with Crippen LogP contribution in [-0.4, -0.2) is 14.7 Å². The number of aromatic nitrogens is 2. The van der Waals surface area contributed by atoms with Gasteiger partial charge >= 0.3 is 0 Å². The average molecular weight is 278 g/mol. The van der Waals surface area contributed by atoms with Crippen LogP contribution in [0.3, 0.4) is 0 Å². The zero-order valence-corrected chi connectivity index (χ0v) is 11.9. The lowest BCUT2D eigenvalue weighted by Gasteiger charge is -2.07. The molecule has 0 atom stereocenters. The number of hydrogen-bond acceptors (Lipinski definition) is 2. The quantitative estimate of drug-likeness (QED) is 0.799. The maximum Gasteiger partial charge on any atom is 0.140 e. The first kappa shape index (κ1) is 12.6. The monoisotopic (exact) mass is 278 g/mol. The number of benzene rings is 1. The topological polar surface area (TPSA) is 38.0 Å². The summed E-state index contributed by atoms with van der Waals surface area (Å²) in [5, 5.41) is 10.5. The molecule has 0 saturated heterocycles. The van der Waals surface area contributed by atoms with Crippen molar-refractivity contribution in [2.24, 2.45) is 0 Å². The number of hydrogen-bond donors (Lipinski definition) is 1. The van der Waals surface area contributed by atoms with Gasteiger partial charge in [0, 0.05) is 29.9 Å². The molecule has 1 N–H and O–H groups in total. The van der Waals surface area contributed by atoms with Gasteiger partial charge in [0.15, 0.2) is 0 Å². The Balaban J connectivity index is 1.74. The van der Waals surface area contributed by atoms with Crippen molar-refractivity contribution in [3.63, 3.8) is 0 Å². The number of nitrogens with zero attached hydrogens (tertiary/aromatic N) is 2. The first-order chi connectivity index (χ1) is 10.3. The van der Waals surface area contributed by atoms with Crippen molar-refractivity contribution in [1.82, 2.24) is 9.55 Å².